The average molecular weight is 288 g/mol. The van der Waals surface area contributed by atoms with Crippen molar-refractivity contribution in [2.24, 2.45) is 0 Å². The smallest absolute Gasteiger partial charge is 0.339 e. The van der Waals surface area contributed by atoms with Crippen LogP contribution in [0, 0.1) is 6.92 Å². The Balaban J connectivity index is 1.93. The fraction of sp³-hybridized carbons (Fsp3) is 0.333. The van der Waals surface area contributed by atoms with Gasteiger partial charge in [-0.1, -0.05) is 0 Å². The van der Waals surface area contributed by atoms with E-state index in [0.717, 1.165) is 25.0 Å². The van der Waals surface area contributed by atoms with Crippen LogP contribution in [0.1, 0.15) is 45.4 Å². The SMILES string of the molecule is Cc1ccc(C(=O)O)c(NC2CCCc3sccc32)n1. The van der Waals surface area contributed by atoms with Gasteiger partial charge in [-0.3, -0.25) is 0 Å². The summed E-state index contributed by atoms with van der Waals surface area (Å²) in [6, 6.07) is 5.64. The Kier molecular flexibility index (Phi) is 3.44. The van der Waals surface area contributed by atoms with Gasteiger partial charge in [-0.15, -0.1) is 11.3 Å². The molecule has 2 aromatic rings. The Morgan fingerprint density at radius 1 is 1.45 bits per heavy atom. The zero-order chi connectivity index (χ0) is 14.1. The molecule has 0 amide bonds. The van der Waals surface area contributed by atoms with Crippen LogP contribution < -0.4 is 5.32 Å². The van der Waals surface area contributed by atoms with Crippen LogP contribution in [0.3, 0.4) is 0 Å². The van der Waals surface area contributed by atoms with Crippen molar-refractivity contribution in [3.05, 3.63) is 45.3 Å². The normalized spacial score (nSPS) is 17.6. The lowest BCUT2D eigenvalue weighted by Gasteiger charge is -2.25. The van der Waals surface area contributed by atoms with Gasteiger partial charge in [0, 0.05) is 10.6 Å². The highest BCUT2D eigenvalue weighted by molar-refractivity contribution is 7.10. The van der Waals surface area contributed by atoms with Gasteiger partial charge < -0.3 is 10.4 Å². The van der Waals surface area contributed by atoms with Crippen molar-refractivity contribution in [2.45, 2.75) is 32.2 Å². The first kappa shape index (κ1) is 13.1. The van der Waals surface area contributed by atoms with Crippen molar-refractivity contribution < 1.29 is 9.90 Å². The number of hydrogen-bond donors (Lipinski definition) is 2. The van der Waals surface area contributed by atoms with Gasteiger partial charge in [0.1, 0.15) is 11.4 Å². The van der Waals surface area contributed by atoms with Gasteiger partial charge in [0.05, 0.1) is 6.04 Å². The van der Waals surface area contributed by atoms with Gasteiger partial charge in [-0.05, 0) is 55.3 Å². The molecule has 20 heavy (non-hydrogen) atoms. The molecule has 0 saturated carbocycles. The van der Waals surface area contributed by atoms with E-state index in [-0.39, 0.29) is 11.6 Å². The van der Waals surface area contributed by atoms with Gasteiger partial charge in [0.2, 0.25) is 0 Å². The lowest BCUT2D eigenvalue weighted by atomic mass is 9.94. The monoisotopic (exact) mass is 288 g/mol. The zero-order valence-corrected chi connectivity index (χ0v) is 12.0. The number of nitrogens with zero attached hydrogens (tertiary/aromatic N) is 1. The van der Waals surface area contributed by atoms with E-state index >= 15 is 0 Å². The van der Waals surface area contributed by atoms with Crippen molar-refractivity contribution >= 4 is 23.1 Å². The van der Waals surface area contributed by atoms with E-state index in [9.17, 15) is 9.90 Å². The van der Waals surface area contributed by atoms with Crippen molar-refractivity contribution in [1.29, 1.82) is 0 Å². The molecule has 2 N–H and O–H groups in total. The van der Waals surface area contributed by atoms with E-state index < -0.39 is 5.97 Å². The van der Waals surface area contributed by atoms with Gasteiger partial charge >= 0.3 is 5.97 Å². The molecule has 104 valence electrons. The minimum atomic E-state index is -0.943. The summed E-state index contributed by atoms with van der Waals surface area (Å²) in [7, 11) is 0. The first-order valence-corrected chi connectivity index (χ1v) is 7.57. The van der Waals surface area contributed by atoms with Crippen molar-refractivity contribution in [2.75, 3.05) is 5.32 Å². The van der Waals surface area contributed by atoms with Crippen LogP contribution in [0.15, 0.2) is 23.6 Å². The Hall–Kier alpha value is -1.88. The molecule has 2 aromatic heterocycles. The standard InChI is InChI=1S/C15H16N2O2S/c1-9-5-6-11(15(18)19)14(16-9)17-12-3-2-4-13-10(12)7-8-20-13/h5-8,12H,2-4H2,1H3,(H,16,17)(H,18,19). The molecular formula is C15H16N2O2S. The second-order valence-electron chi connectivity index (χ2n) is 5.04. The van der Waals surface area contributed by atoms with Gasteiger partial charge in [-0.2, -0.15) is 0 Å². The number of aromatic nitrogens is 1. The van der Waals surface area contributed by atoms with Crippen molar-refractivity contribution in [1.82, 2.24) is 4.98 Å². The maximum atomic E-state index is 11.3. The number of nitrogens with one attached hydrogen (secondary N) is 1. The van der Waals surface area contributed by atoms with Crippen LogP contribution in [-0.4, -0.2) is 16.1 Å². The summed E-state index contributed by atoms with van der Waals surface area (Å²) in [6.45, 7) is 1.87. The quantitative estimate of drug-likeness (QED) is 0.905. The van der Waals surface area contributed by atoms with Crippen LogP contribution >= 0.6 is 11.3 Å². The molecule has 0 bridgehead atoms. The second kappa shape index (κ2) is 5.25. The minimum Gasteiger partial charge on any atom is -0.478 e. The molecule has 1 aliphatic rings. The summed E-state index contributed by atoms with van der Waals surface area (Å²) in [6.07, 6.45) is 3.26. The zero-order valence-electron chi connectivity index (χ0n) is 11.2. The summed E-state index contributed by atoms with van der Waals surface area (Å²) in [5.74, 6) is -0.470. The molecule has 4 nitrogen and oxygen atoms in total. The second-order valence-corrected chi connectivity index (χ2v) is 6.04. The predicted molar refractivity (Wildman–Crippen MR) is 79.6 cm³/mol. The number of pyridine rings is 1. The third-order valence-corrected chi connectivity index (χ3v) is 4.62. The maximum Gasteiger partial charge on any atom is 0.339 e. The van der Waals surface area contributed by atoms with E-state index in [0.29, 0.717) is 5.82 Å². The molecule has 3 rings (SSSR count). The number of aryl methyl sites for hydroxylation is 2. The van der Waals surface area contributed by atoms with Crippen molar-refractivity contribution in [3.8, 4) is 0 Å². The number of rotatable bonds is 3. The van der Waals surface area contributed by atoms with Crippen LogP contribution in [0.4, 0.5) is 5.82 Å². The van der Waals surface area contributed by atoms with Crippen LogP contribution in [0.2, 0.25) is 0 Å². The summed E-state index contributed by atoms with van der Waals surface area (Å²) in [4.78, 5) is 17.1. The summed E-state index contributed by atoms with van der Waals surface area (Å²) in [5, 5.41) is 14.7. The molecule has 5 heteroatoms. The minimum absolute atomic E-state index is 0.164. The number of thiophene rings is 1. The summed E-state index contributed by atoms with van der Waals surface area (Å²) >= 11 is 1.78. The molecule has 0 radical (unpaired) electrons. The molecular weight excluding hydrogens is 272 g/mol. The first-order valence-electron chi connectivity index (χ1n) is 6.69. The van der Waals surface area contributed by atoms with Crippen LogP contribution in [0.5, 0.6) is 0 Å². The Morgan fingerprint density at radius 3 is 3.10 bits per heavy atom. The van der Waals surface area contributed by atoms with Gasteiger partial charge in [0.15, 0.2) is 0 Å². The number of anilines is 1. The Labute approximate surface area is 121 Å². The molecule has 2 heterocycles. The van der Waals surface area contributed by atoms with E-state index in [4.69, 9.17) is 0 Å². The van der Waals surface area contributed by atoms with E-state index in [1.807, 2.05) is 6.92 Å². The topological polar surface area (TPSA) is 62.2 Å². The predicted octanol–water partition coefficient (Wildman–Crippen LogP) is 3.64. The lowest BCUT2D eigenvalue weighted by molar-refractivity contribution is 0.0697. The fourth-order valence-electron chi connectivity index (χ4n) is 2.64. The number of fused-ring (bicyclic) bond motifs is 1. The molecule has 1 unspecified atom stereocenters. The number of hydrogen-bond acceptors (Lipinski definition) is 4. The number of carbonyl (C=O) groups is 1. The van der Waals surface area contributed by atoms with Crippen LogP contribution in [0.25, 0.3) is 0 Å². The number of aromatic carboxylic acids is 1. The largest absolute Gasteiger partial charge is 0.478 e. The lowest BCUT2D eigenvalue weighted by Crippen LogP contribution is -2.18. The third kappa shape index (κ3) is 2.41. The molecule has 0 spiro atoms. The fourth-order valence-corrected chi connectivity index (χ4v) is 3.63. The molecule has 0 saturated heterocycles. The van der Waals surface area contributed by atoms with E-state index in [1.54, 1.807) is 23.5 Å². The molecule has 1 atom stereocenters. The first-order chi connectivity index (χ1) is 9.65. The van der Waals surface area contributed by atoms with Gasteiger partial charge in [0.25, 0.3) is 0 Å². The average Bonchev–Trinajstić information content (AvgIpc) is 2.88. The Bertz CT molecular complexity index is 651. The van der Waals surface area contributed by atoms with Crippen molar-refractivity contribution in [3.63, 3.8) is 0 Å². The highest BCUT2D eigenvalue weighted by atomic mass is 32.1. The maximum absolute atomic E-state index is 11.3. The summed E-state index contributed by atoms with van der Waals surface area (Å²) in [5.41, 5.74) is 2.35. The molecule has 0 fully saturated rings. The third-order valence-electron chi connectivity index (χ3n) is 3.63. The number of carboxylic acid groups (broad SMARTS) is 1. The highest BCUT2D eigenvalue weighted by Crippen LogP contribution is 2.35. The highest BCUT2D eigenvalue weighted by Gasteiger charge is 2.23. The molecule has 1 aliphatic carbocycles. The van der Waals surface area contributed by atoms with E-state index in [2.05, 4.69) is 21.7 Å². The molecule has 0 aromatic carbocycles. The number of carboxylic acids is 1. The Morgan fingerprint density at radius 2 is 2.30 bits per heavy atom. The van der Waals surface area contributed by atoms with E-state index in [1.165, 1.54) is 10.4 Å². The molecule has 0 aliphatic heterocycles. The summed E-state index contributed by atoms with van der Waals surface area (Å²) < 4.78 is 0. The van der Waals surface area contributed by atoms with Crippen LogP contribution in [-0.2, 0) is 6.42 Å². The van der Waals surface area contributed by atoms with Gasteiger partial charge in [-0.25, -0.2) is 9.78 Å².